The molecule has 0 bridgehead atoms. The molecule has 2 aromatic heterocycles. The predicted molar refractivity (Wildman–Crippen MR) is 96.9 cm³/mol. The molecular formula is C19H19N3OS. The molecule has 3 aromatic rings. The quantitative estimate of drug-likeness (QED) is 0.702. The number of amides is 1. The highest BCUT2D eigenvalue weighted by atomic mass is 32.1. The van der Waals surface area contributed by atoms with Gasteiger partial charge in [0.15, 0.2) is 0 Å². The van der Waals surface area contributed by atoms with Crippen molar-refractivity contribution in [3.8, 4) is 10.7 Å². The van der Waals surface area contributed by atoms with E-state index in [-0.39, 0.29) is 5.91 Å². The van der Waals surface area contributed by atoms with Crippen LogP contribution in [0, 0.1) is 6.92 Å². The van der Waals surface area contributed by atoms with E-state index in [0.29, 0.717) is 18.0 Å². The van der Waals surface area contributed by atoms with Crippen LogP contribution in [-0.2, 0) is 6.54 Å². The zero-order chi connectivity index (χ0) is 16.9. The minimum Gasteiger partial charge on any atom is -0.334 e. The molecule has 0 aliphatic heterocycles. The third-order valence-corrected chi connectivity index (χ3v) is 4.93. The summed E-state index contributed by atoms with van der Waals surface area (Å²) >= 11 is 1.41. The molecule has 0 fully saturated rings. The van der Waals surface area contributed by atoms with Crippen LogP contribution >= 0.6 is 11.3 Å². The maximum atomic E-state index is 12.9. The lowest BCUT2D eigenvalue weighted by Gasteiger charge is -2.20. The van der Waals surface area contributed by atoms with Gasteiger partial charge in [-0.25, -0.2) is 4.98 Å². The molecule has 4 nitrogen and oxygen atoms in total. The average molecular weight is 337 g/mol. The summed E-state index contributed by atoms with van der Waals surface area (Å²) in [6, 6.07) is 15.7. The van der Waals surface area contributed by atoms with Crippen molar-refractivity contribution in [3.05, 3.63) is 70.9 Å². The van der Waals surface area contributed by atoms with Gasteiger partial charge in [0.25, 0.3) is 5.91 Å². The second kappa shape index (κ2) is 7.36. The number of thiazole rings is 1. The van der Waals surface area contributed by atoms with Gasteiger partial charge in [-0.15, -0.1) is 11.3 Å². The number of aromatic nitrogens is 2. The lowest BCUT2D eigenvalue weighted by Crippen LogP contribution is -2.30. The monoisotopic (exact) mass is 337 g/mol. The first kappa shape index (κ1) is 16.3. The molecule has 0 saturated carbocycles. The highest BCUT2D eigenvalue weighted by molar-refractivity contribution is 7.17. The van der Waals surface area contributed by atoms with Crippen LogP contribution in [0.3, 0.4) is 0 Å². The van der Waals surface area contributed by atoms with Crippen LogP contribution in [0.5, 0.6) is 0 Å². The third kappa shape index (κ3) is 3.51. The number of rotatable bonds is 5. The summed E-state index contributed by atoms with van der Waals surface area (Å²) in [6.07, 6.45) is 1.74. The fraction of sp³-hybridized carbons (Fsp3) is 0.211. The Morgan fingerprint density at radius 1 is 1.12 bits per heavy atom. The van der Waals surface area contributed by atoms with Gasteiger partial charge in [-0.3, -0.25) is 9.78 Å². The van der Waals surface area contributed by atoms with Gasteiger partial charge in [0, 0.05) is 19.3 Å². The molecular weight excluding hydrogens is 318 g/mol. The molecule has 0 atom stereocenters. The zero-order valence-electron chi connectivity index (χ0n) is 13.8. The van der Waals surface area contributed by atoms with Crippen molar-refractivity contribution < 1.29 is 4.79 Å². The summed E-state index contributed by atoms with van der Waals surface area (Å²) in [6.45, 7) is 5.14. The van der Waals surface area contributed by atoms with Gasteiger partial charge in [-0.1, -0.05) is 36.4 Å². The number of hydrogen-bond acceptors (Lipinski definition) is 4. The number of aryl methyl sites for hydroxylation is 1. The Labute approximate surface area is 145 Å². The van der Waals surface area contributed by atoms with Crippen molar-refractivity contribution in [1.82, 2.24) is 14.9 Å². The van der Waals surface area contributed by atoms with Crippen molar-refractivity contribution >= 4 is 17.2 Å². The van der Waals surface area contributed by atoms with Gasteiger partial charge < -0.3 is 4.90 Å². The lowest BCUT2D eigenvalue weighted by molar-refractivity contribution is 0.0756. The van der Waals surface area contributed by atoms with Gasteiger partial charge in [0.2, 0.25) is 0 Å². The number of carbonyl (C=O) groups excluding carboxylic acids is 1. The van der Waals surface area contributed by atoms with Crippen molar-refractivity contribution in [3.63, 3.8) is 0 Å². The summed E-state index contributed by atoms with van der Waals surface area (Å²) in [7, 11) is 0. The maximum Gasteiger partial charge on any atom is 0.266 e. The number of hydrogen-bond donors (Lipinski definition) is 0. The van der Waals surface area contributed by atoms with Gasteiger partial charge in [-0.2, -0.15) is 0 Å². The first-order valence-corrected chi connectivity index (χ1v) is 8.72. The Bertz CT molecular complexity index is 815. The van der Waals surface area contributed by atoms with Crippen LogP contribution in [0.2, 0.25) is 0 Å². The molecule has 1 amide bonds. The Morgan fingerprint density at radius 3 is 2.54 bits per heavy atom. The molecule has 24 heavy (non-hydrogen) atoms. The summed E-state index contributed by atoms with van der Waals surface area (Å²) in [5.41, 5.74) is 2.69. The minimum atomic E-state index is 0.0264. The highest BCUT2D eigenvalue weighted by Gasteiger charge is 2.21. The van der Waals surface area contributed by atoms with Crippen molar-refractivity contribution in [2.75, 3.05) is 6.54 Å². The number of nitrogens with zero attached hydrogens (tertiary/aromatic N) is 3. The second-order valence-electron chi connectivity index (χ2n) is 5.45. The molecule has 0 saturated heterocycles. The molecule has 0 radical (unpaired) electrons. The van der Waals surface area contributed by atoms with Crippen molar-refractivity contribution in [2.24, 2.45) is 0 Å². The summed E-state index contributed by atoms with van der Waals surface area (Å²) in [5, 5.41) is 0.784. The SMILES string of the molecule is CCN(Cc1ccccc1)C(=O)c1sc(-c2ccccn2)nc1C. The minimum absolute atomic E-state index is 0.0264. The average Bonchev–Trinajstić information content (AvgIpc) is 3.02. The first-order chi connectivity index (χ1) is 11.7. The van der Waals surface area contributed by atoms with E-state index in [1.165, 1.54) is 11.3 Å². The third-order valence-electron chi connectivity index (χ3n) is 3.76. The summed E-state index contributed by atoms with van der Waals surface area (Å²) in [4.78, 5) is 24.3. The highest BCUT2D eigenvalue weighted by Crippen LogP contribution is 2.27. The number of pyridine rings is 1. The first-order valence-electron chi connectivity index (χ1n) is 7.91. The fourth-order valence-corrected chi connectivity index (χ4v) is 3.48. The van der Waals surface area contributed by atoms with E-state index in [9.17, 15) is 4.79 Å². The second-order valence-corrected chi connectivity index (χ2v) is 6.45. The smallest absolute Gasteiger partial charge is 0.266 e. The number of carbonyl (C=O) groups is 1. The Balaban J connectivity index is 1.85. The molecule has 1 aromatic carbocycles. The Kier molecular flexibility index (Phi) is 5.01. The summed E-state index contributed by atoms with van der Waals surface area (Å²) < 4.78 is 0. The van der Waals surface area contributed by atoms with Crippen LogP contribution in [0.4, 0.5) is 0 Å². The maximum absolute atomic E-state index is 12.9. The summed E-state index contributed by atoms with van der Waals surface area (Å²) in [5.74, 6) is 0.0264. The van der Waals surface area contributed by atoms with Gasteiger partial charge in [-0.05, 0) is 31.5 Å². The van der Waals surface area contributed by atoms with Crippen LogP contribution < -0.4 is 0 Å². The van der Waals surface area contributed by atoms with E-state index < -0.39 is 0 Å². The fourth-order valence-electron chi connectivity index (χ4n) is 2.47. The van der Waals surface area contributed by atoms with Crippen LogP contribution in [0.1, 0.15) is 27.9 Å². The molecule has 122 valence electrons. The topological polar surface area (TPSA) is 46.1 Å². The standard InChI is InChI=1S/C19H19N3OS/c1-3-22(13-15-9-5-4-6-10-15)19(23)17-14(2)21-18(24-17)16-11-7-8-12-20-16/h4-12H,3,13H2,1-2H3. The van der Waals surface area contributed by atoms with E-state index in [2.05, 4.69) is 9.97 Å². The molecule has 3 rings (SSSR count). The predicted octanol–water partition coefficient (Wildman–Crippen LogP) is 4.18. The van der Waals surface area contributed by atoms with Crippen LogP contribution in [0.15, 0.2) is 54.7 Å². The van der Waals surface area contributed by atoms with E-state index in [1.54, 1.807) is 6.20 Å². The van der Waals surface area contributed by atoms with Crippen LogP contribution in [0.25, 0.3) is 10.7 Å². The molecule has 0 aliphatic carbocycles. The largest absolute Gasteiger partial charge is 0.334 e. The zero-order valence-corrected chi connectivity index (χ0v) is 14.6. The molecule has 0 spiro atoms. The van der Waals surface area contributed by atoms with E-state index in [0.717, 1.165) is 22.0 Å². The van der Waals surface area contributed by atoms with Gasteiger partial charge in [0.05, 0.1) is 11.4 Å². The van der Waals surface area contributed by atoms with Gasteiger partial charge in [0.1, 0.15) is 9.88 Å². The normalized spacial score (nSPS) is 10.6. The van der Waals surface area contributed by atoms with E-state index in [1.807, 2.05) is 67.3 Å². The van der Waals surface area contributed by atoms with E-state index in [4.69, 9.17) is 0 Å². The molecule has 5 heteroatoms. The van der Waals surface area contributed by atoms with Crippen molar-refractivity contribution in [1.29, 1.82) is 0 Å². The van der Waals surface area contributed by atoms with E-state index >= 15 is 0 Å². The number of benzene rings is 1. The van der Waals surface area contributed by atoms with Crippen LogP contribution in [-0.4, -0.2) is 27.3 Å². The molecule has 0 N–H and O–H groups in total. The Hall–Kier alpha value is -2.53. The molecule has 2 heterocycles. The molecule has 0 unspecified atom stereocenters. The van der Waals surface area contributed by atoms with Gasteiger partial charge >= 0.3 is 0 Å². The lowest BCUT2D eigenvalue weighted by atomic mass is 10.2. The molecule has 0 aliphatic rings. The van der Waals surface area contributed by atoms with Crippen molar-refractivity contribution in [2.45, 2.75) is 20.4 Å². The Morgan fingerprint density at radius 2 is 1.88 bits per heavy atom.